The van der Waals surface area contributed by atoms with Gasteiger partial charge in [-0.05, 0) is 32.2 Å². The molecule has 0 heterocycles. The van der Waals surface area contributed by atoms with Crippen LogP contribution in [0.2, 0.25) is 0 Å². The van der Waals surface area contributed by atoms with Crippen molar-refractivity contribution >= 4 is 16.5 Å². The SMILES string of the molecule is CN(c1cccc2ccccc12)C(C)(C)C. The fraction of sp³-hybridized carbons (Fsp3) is 0.333. The molecule has 16 heavy (non-hydrogen) atoms. The molecule has 84 valence electrons. The molecule has 0 amide bonds. The van der Waals surface area contributed by atoms with Crippen molar-refractivity contribution in [3.05, 3.63) is 42.5 Å². The smallest absolute Gasteiger partial charge is 0.0447 e. The van der Waals surface area contributed by atoms with Crippen molar-refractivity contribution in [1.29, 1.82) is 0 Å². The Bertz CT molecular complexity index is 489. The van der Waals surface area contributed by atoms with Crippen molar-refractivity contribution in [2.24, 2.45) is 0 Å². The normalized spacial score (nSPS) is 11.8. The third-order valence-electron chi connectivity index (χ3n) is 3.13. The summed E-state index contributed by atoms with van der Waals surface area (Å²) in [7, 11) is 2.15. The number of fused-ring (bicyclic) bond motifs is 1. The molecule has 0 N–H and O–H groups in total. The van der Waals surface area contributed by atoms with E-state index in [1.165, 1.54) is 16.5 Å². The molecule has 0 saturated carbocycles. The van der Waals surface area contributed by atoms with Crippen LogP contribution in [0.25, 0.3) is 10.8 Å². The van der Waals surface area contributed by atoms with Gasteiger partial charge in [0, 0.05) is 23.7 Å². The van der Waals surface area contributed by atoms with Gasteiger partial charge in [-0.25, -0.2) is 0 Å². The summed E-state index contributed by atoms with van der Waals surface area (Å²) in [6.45, 7) is 6.69. The molecule has 0 saturated heterocycles. The highest BCUT2D eigenvalue weighted by Crippen LogP contribution is 2.29. The second-order valence-corrected chi connectivity index (χ2v) is 5.23. The van der Waals surface area contributed by atoms with E-state index in [-0.39, 0.29) is 5.54 Å². The number of rotatable bonds is 1. The number of benzene rings is 2. The van der Waals surface area contributed by atoms with Crippen LogP contribution in [0.1, 0.15) is 20.8 Å². The van der Waals surface area contributed by atoms with E-state index in [9.17, 15) is 0 Å². The molecule has 0 fully saturated rings. The van der Waals surface area contributed by atoms with Crippen LogP contribution in [0.15, 0.2) is 42.5 Å². The fourth-order valence-corrected chi connectivity index (χ4v) is 1.86. The first-order valence-electron chi connectivity index (χ1n) is 5.72. The first-order valence-corrected chi connectivity index (χ1v) is 5.72. The van der Waals surface area contributed by atoms with E-state index in [4.69, 9.17) is 0 Å². The predicted molar refractivity (Wildman–Crippen MR) is 72.1 cm³/mol. The highest BCUT2D eigenvalue weighted by atomic mass is 15.2. The lowest BCUT2D eigenvalue weighted by Gasteiger charge is -2.35. The maximum atomic E-state index is 2.33. The van der Waals surface area contributed by atoms with Crippen molar-refractivity contribution in [2.45, 2.75) is 26.3 Å². The number of hydrogen-bond donors (Lipinski definition) is 0. The second kappa shape index (κ2) is 3.82. The van der Waals surface area contributed by atoms with E-state index in [2.05, 4.69) is 75.2 Å². The Morgan fingerprint density at radius 3 is 2.19 bits per heavy atom. The standard InChI is InChI=1S/C15H19N/c1-15(2,3)16(4)14-11-7-9-12-8-5-6-10-13(12)14/h5-11H,1-4H3. The van der Waals surface area contributed by atoms with Crippen LogP contribution in [-0.2, 0) is 0 Å². The molecule has 0 bridgehead atoms. The molecule has 2 rings (SSSR count). The monoisotopic (exact) mass is 213 g/mol. The lowest BCUT2D eigenvalue weighted by Crippen LogP contribution is -2.38. The van der Waals surface area contributed by atoms with Crippen LogP contribution in [0, 0.1) is 0 Å². The third-order valence-corrected chi connectivity index (χ3v) is 3.13. The number of hydrogen-bond acceptors (Lipinski definition) is 1. The van der Waals surface area contributed by atoms with E-state index in [0.717, 1.165) is 0 Å². The Balaban J connectivity index is 2.61. The van der Waals surface area contributed by atoms with Gasteiger partial charge >= 0.3 is 0 Å². The molecule has 0 unspecified atom stereocenters. The fourth-order valence-electron chi connectivity index (χ4n) is 1.86. The van der Waals surface area contributed by atoms with Crippen LogP contribution in [-0.4, -0.2) is 12.6 Å². The highest BCUT2D eigenvalue weighted by Gasteiger charge is 2.18. The van der Waals surface area contributed by atoms with E-state index in [1.807, 2.05) is 0 Å². The zero-order valence-electron chi connectivity index (χ0n) is 10.5. The number of anilines is 1. The largest absolute Gasteiger partial charge is 0.369 e. The molecular weight excluding hydrogens is 194 g/mol. The van der Waals surface area contributed by atoms with Crippen molar-refractivity contribution < 1.29 is 0 Å². The Hall–Kier alpha value is -1.50. The Morgan fingerprint density at radius 1 is 0.875 bits per heavy atom. The van der Waals surface area contributed by atoms with Crippen molar-refractivity contribution in [3.8, 4) is 0 Å². The van der Waals surface area contributed by atoms with Gasteiger partial charge in [0.2, 0.25) is 0 Å². The summed E-state index contributed by atoms with van der Waals surface area (Å²) in [5.41, 5.74) is 1.44. The molecular formula is C15H19N. The first-order chi connectivity index (χ1) is 7.50. The summed E-state index contributed by atoms with van der Waals surface area (Å²) in [6, 6.07) is 15.0. The van der Waals surface area contributed by atoms with Crippen LogP contribution in [0.4, 0.5) is 5.69 Å². The zero-order chi connectivity index (χ0) is 11.8. The summed E-state index contributed by atoms with van der Waals surface area (Å²) < 4.78 is 0. The molecule has 0 aliphatic carbocycles. The Morgan fingerprint density at radius 2 is 1.50 bits per heavy atom. The minimum atomic E-state index is 0.143. The first kappa shape index (κ1) is 11.0. The Kier molecular flexibility index (Phi) is 2.63. The van der Waals surface area contributed by atoms with Gasteiger partial charge < -0.3 is 4.90 Å². The van der Waals surface area contributed by atoms with Gasteiger partial charge in [0.25, 0.3) is 0 Å². The lowest BCUT2D eigenvalue weighted by molar-refractivity contribution is 0.540. The third kappa shape index (κ3) is 1.90. The van der Waals surface area contributed by atoms with Crippen molar-refractivity contribution in [1.82, 2.24) is 0 Å². The summed E-state index contributed by atoms with van der Waals surface area (Å²) in [5.74, 6) is 0. The lowest BCUT2D eigenvalue weighted by atomic mass is 10.0. The molecule has 2 aromatic carbocycles. The maximum absolute atomic E-state index is 2.33. The van der Waals surface area contributed by atoms with Crippen molar-refractivity contribution in [3.63, 3.8) is 0 Å². The van der Waals surface area contributed by atoms with Crippen LogP contribution in [0.3, 0.4) is 0 Å². The molecule has 0 spiro atoms. The molecule has 1 nitrogen and oxygen atoms in total. The van der Waals surface area contributed by atoms with Crippen LogP contribution >= 0.6 is 0 Å². The van der Waals surface area contributed by atoms with Gasteiger partial charge in [-0.1, -0.05) is 36.4 Å². The quantitative estimate of drug-likeness (QED) is 0.690. The van der Waals surface area contributed by atoms with Crippen molar-refractivity contribution in [2.75, 3.05) is 11.9 Å². The maximum Gasteiger partial charge on any atom is 0.0447 e. The predicted octanol–water partition coefficient (Wildman–Crippen LogP) is 4.07. The molecule has 0 aromatic heterocycles. The highest BCUT2D eigenvalue weighted by molar-refractivity contribution is 5.94. The average molecular weight is 213 g/mol. The molecule has 0 aliphatic heterocycles. The average Bonchev–Trinajstić information content (AvgIpc) is 2.26. The minimum Gasteiger partial charge on any atom is -0.369 e. The molecule has 1 heteroatoms. The van der Waals surface area contributed by atoms with E-state index < -0.39 is 0 Å². The Labute approximate surface area is 97.7 Å². The summed E-state index contributed by atoms with van der Waals surface area (Å²) in [6.07, 6.45) is 0. The van der Waals surface area contributed by atoms with Gasteiger partial charge in [0.05, 0.1) is 0 Å². The molecule has 2 aromatic rings. The van der Waals surface area contributed by atoms with Gasteiger partial charge in [-0.15, -0.1) is 0 Å². The van der Waals surface area contributed by atoms with E-state index >= 15 is 0 Å². The van der Waals surface area contributed by atoms with Gasteiger partial charge in [0.15, 0.2) is 0 Å². The van der Waals surface area contributed by atoms with Crippen LogP contribution in [0.5, 0.6) is 0 Å². The van der Waals surface area contributed by atoms with Gasteiger partial charge in [0.1, 0.15) is 0 Å². The van der Waals surface area contributed by atoms with Gasteiger partial charge in [-0.3, -0.25) is 0 Å². The zero-order valence-corrected chi connectivity index (χ0v) is 10.5. The summed E-state index contributed by atoms with van der Waals surface area (Å²) in [4.78, 5) is 2.33. The van der Waals surface area contributed by atoms with E-state index in [1.54, 1.807) is 0 Å². The molecule has 0 atom stereocenters. The molecule has 0 radical (unpaired) electrons. The van der Waals surface area contributed by atoms with Gasteiger partial charge in [-0.2, -0.15) is 0 Å². The molecule has 0 aliphatic rings. The summed E-state index contributed by atoms with van der Waals surface area (Å²) in [5, 5.41) is 2.62. The van der Waals surface area contributed by atoms with E-state index in [0.29, 0.717) is 0 Å². The summed E-state index contributed by atoms with van der Waals surface area (Å²) >= 11 is 0. The number of nitrogens with zero attached hydrogens (tertiary/aromatic N) is 1. The van der Waals surface area contributed by atoms with Crippen LogP contribution < -0.4 is 4.90 Å². The minimum absolute atomic E-state index is 0.143. The second-order valence-electron chi connectivity index (χ2n) is 5.23. The topological polar surface area (TPSA) is 3.24 Å².